The average molecular weight is 269 g/mol. The van der Waals surface area contributed by atoms with Gasteiger partial charge in [0.25, 0.3) is 5.69 Å². The Morgan fingerprint density at radius 2 is 1.95 bits per heavy atom. The highest BCUT2D eigenvalue weighted by Gasteiger charge is 2.17. The van der Waals surface area contributed by atoms with Gasteiger partial charge in [-0.15, -0.1) is 0 Å². The summed E-state index contributed by atoms with van der Waals surface area (Å²) in [4.78, 5) is 10.3. The van der Waals surface area contributed by atoms with E-state index in [2.05, 4.69) is 5.32 Å². The number of ether oxygens (including phenoxy) is 1. The lowest BCUT2D eigenvalue weighted by atomic mass is 10.2. The van der Waals surface area contributed by atoms with Crippen LogP contribution >= 0.6 is 0 Å². The van der Waals surface area contributed by atoms with Crippen molar-refractivity contribution in [3.05, 3.63) is 39.6 Å². The average Bonchev–Trinajstić information content (AvgIpc) is 2.47. The summed E-state index contributed by atoms with van der Waals surface area (Å²) in [6.45, 7) is 0. The normalized spacial score (nSPS) is 8.50. The molecule has 1 N–H and O–H groups in total. The van der Waals surface area contributed by atoms with Crippen LogP contribution in [-0.2, 0) is 0 Å². The third kappa shape index (κ3) is 3.00. The van der Waals surface area contributed by atoms with Gasteiger partial charge in [-0.2, -0.15) is 15.8 Å². The minimum atomic E-state index is -0.668. The molecule has 98 valence electrons. The molecule has 0 fully saturated rings. The first-order chi connectivity index (χ1) is 9.57. The maximum Gasteiger partial charge on any atom is 0.296 e. The van der Waals surface area contributed by atoms with Crippen LogP contribution in [0.25, 0.3) is 0 Å². The van der Waals surface area contributed by atoms with Crippen LogP contribution in [-0.4, -0.2) is 12.0 Å². The minimum absolute atomic E-state index is 0.0182. The van der Waals surface area contributed by atoms with E-state index in [1.807, 2.05) is 0 Å². The molecule has 0 spiro atoms. The molecule has 0 aliphatic heterocycles. The molecule has 0 amide bonds. The van der Waals surface area contributed by atoms with Crippen molar-refractivity contribution in [1.29, 1.82) is 15.8 Å². The number of allylic oxidation sites excluding steroid dienone is 2. The van der Waals surface area contributed by atoms with E-state index in [9.17, 15) is 10.1 Å². The molecular formula is C12H7N5O3. The Balaban J connectivity index is 3.33. The third-order valence-electron chi connectivity index (χ3n) is 2.25. The molecule has 1 rings (SSSR count). The summed E-state index contributed by atoms with van der Waals surface area (Å²) in [5.41, 5.74) is -1.18. The van der Waals surface area contributed by atoms with Gasteiger partial charge in [-0.1, -0.05) is 0 Å². The molecule has 0 radical (unpaired) electrons. The molecule has 1 aromatic rings. The largest absolute Gasteiger partial charge is 0.496 e. The summed E-state index contributed by atoms with van der Waals surface area (Å²) in [6, 6.07) is 8.61. The highest BCUT2D eigenvalue weighted by atomic mass is 16.6. The Hall–Kier alpha value is -3.57. The molecule has 0 saturated carbocycles. The van der Waals surface area contributed by atoms with E-state index < -0.39 is 10.5 Å². The second-order valence-electron chi connectivity index (χ2n) is 3.35. The van der Waals surface area contributed by atoms with E-state index >= 15 is 0 Å². The first-order valence-electron chi connectivity index (χ1n) is 5.11. The van der Waals surface area contributed by atoms with Crippen LogP contribution < -0.4 is 10.1 Å². The highest BCUT2D eigenvalue weighted by molar-refractivity contribution is 5.69. The van der Waals surface area contributed by atoms with Crippen molar-refractivity contribution in [2.75, 3.05) is 12.4 Å². The topological polar surface area (TPSA) is 136 Å². The quantitative estimate of drug-likeness (QED) is 0.500. The number of nitro groups is 1. The predicted molar refractivity (Wildman–Crippen MR) is 67.1 cm³/mol. The number of nitriles is 3. The molecule has 20 heavy (non-hydrogen) atoms. The van der Waals surface area contributed by atoms with Gasteiger partial charge in [0.05, 0.1) is 18.1 Å². The standard InChI is InChI=1S/C12H7N5O3/c1-20-9-2-3-10(12(4-9)17(18)19)16-11(7-15)8(5-13)6-14/h2-4,16H,1H3. The first-order valence-corrected chi connectivity index (χ1v) is 5.11. The van der Waals surface area contributed by atoms with E-state index in [1.54, 1.807) is 6.07 Å². The smallest absolute Gasteiger partial charge is 0.296 e. The van der Waals surface area contributed by atoms with Crippen LogP contribution in [0.1, 0.15) is 0 Å². The zero-order valence-electron chi connectivity index (χ0n) is 10.2. The lowest BCUT2D eigenvalue weighted by Crippen LogP contribution is -2.03. The Bertz CT molecular complexity index is 687. The van der Waals surface area contributed by atoms with E-state index in [-0.39, 0.29) is 22.8 Å². The Labute approximate surface area is 113 Å². The maximum absolute atomic E-state index is 10.9. The molecule has 1 aromatic carbocycles. The number of hydrogen-bond donors (Lipinski definition) is 1. The van der Waals surface area contributed by atoms with Crippen LogP contribution in [0.4, 0.5) is 11.4 Å². The number of methoxy groups -OCH3 is 1. The van der Waals surface area contributed by atoms with Crippen molar-refractivity contribution in [3.63, 3.8) is 0 Å². The van der Waals surface area contributed by atoms with Crippen molar-refractivity contribution >= 4 is 11.4 Å². The highest BCUT2D eigenvalue weighted by Crippen LogP contribution is 2.30. The molecule has 0 atom stereocenters. The first kappa shape index (κ1) is 14.5. The molecule has 0 aromatic heterocycles. The summed E-state index contributed by atoms with van der Waals surface area (Å²) >= 11 is 0. The minimum Gasteiger partial charge on any atom is -0.496 e. The van der Waals surface area contributed by atoms with Gasteiger partial charge in [0.1, 0.15) is 35.3 Å². The molecule has 0 aliphatic rings. The fraction of sp³-hybridized carbons (Fsp3) is 0.0833. The van der Waals surface area contributed by atoms with Crippen molar-refractivity contribution in [3.8, 4) is 24.0 Å². The number of benzene rings is 1. The fourth-order valence-electron chi connectivity index (χ4n) is 1.31. The van der Waals surface area contributed by atoms with E-state index in [1.165, 1.54) is 31.4 Å². The second kappa shape index (κ2) is 6.39. The molecule has 0 saturated heterocycles. The van der Waals surface area contributed by atoms with Gasteiger partial charge in [0, 0.05) is 0 Å². The number of hydrogen-bond acceptors (Lipinski definition) is 7. The molecular weight excluding hydrogens is 262 g/mol. The molecule has 8 heteroatoms. The lowest BCUT2D eigenvalue weighted by Gasteiger charge is -2.07. The van der Waals surface area contributed by atoms with E-state index in [0.29, 0.717) is 0 Å². The van der Waals surface area contributed by atoms with Gasteiger partial charge in [-0.25, -0.2) is 0 Å². The van der Waals surface area contributed by atoms with Crippen molar-refractivity contribution in [2.24, 2.45) is 0 Å². The third-order valence-corrected chi connectivity index (χ3v) is 2.25. The Morgan fingerprint density at radius 1 is 1.30 bits per heavy atom. The number of nitrogens with one attached hydrogen (secondary N) is 1. The monoisotopic (exact) mass is 269 g/mol. The summed E-state index contributed by atoms with van der Waals surface area (Å²) in [5.74, 6) is 0.269. The molecule has 0 heterocycles. The number of rotatable bonds is 4. The molecule has 0 unspecified atom stereocenters. The van der Waals surface area contributed by atoms with Crippen molar-refractivity contribution in [1.82, 2.24) is 0 Å². The number of anilines is 1. The van der Waals surface area contributed by atoms with Crippen molar-refractivity contribution < 1.29 is 9.66 Å². The summed E-state index contributed by atoms with van der Waals surface area (Å²) in [6.07, 6.45) is 0. The van der Waals surface area contributed by atoms with Gasteiger partial charge in [-0.05, 0) is 12.1 Å². The van der Waals surface area contributed by atoms with Crippen LogP contribution in [0.15, 0.2) is 29.5 Å². The molecule has 8 nitrogen and oxygen atoms in total. The zero-order valence-corrected chi connectivity index (χ0v) is 10.2. The molecule has 0 bridgehead atoms. The van der Waals surface area contributed by atoms with Crippen LogP contribution in [0.5, 0.6) is 5.75 Å². The Kier molecular flexibility index (Phi) is 4.63. The number of nitrogens with zero attached hydrogens (tertiary/aromatic N) is 4. The van der Waals surface area contributed by atoms with Gasteiger partial charge in [-0.3, -0.25) is 10.1 Å². The zero-order chi connectivity index (χ0) is 15.1. The van der Waals surface area contributed by atoms with Gasteiger partial charge in [0.15, 0.2) is 5.57 Å². The van der Waals surface area contributed by atoms with Gasteiger partial charge >= 0.3 is 0 Å². The Morgan fingerprint density at radius 3 is 2.40 bits per heavy atom. The van der Waals surface area contributed by atoms with Crippen molar-refractivity contribution in [2.45, 2.75) is 0 Å². The SMILES string of the molecule is COc1ccc(NC(C#N)=C(C#N)C#N)c([N+](=O)[O-])c1. The van der Waals surface area contributed by atoms with Crippen LogP contribution in [0.3, 0.4) is 0 Å². The summed E-state index contributed by atoms with van der Waals surface area (Å²) in [5, 5.41) is 39.6. The van der Waals surface area contributed by atoms with Crippen LogP contribution in [0, 0.1) is 44.1 Å². The number of nitro benzene ring substituents is 1. The van der Waals surface area contributed by atoms with Gasteiger partial charge < -0.3 is 10.1 Å². The lowest BCUT2D eigenvalue weighted by molar-refractivity contribution is -0.384. The summed E-state index contributed by atoms with van der Waals surface area (Å²) in [7, 11) is 1.36. The van der Waals surface area contributed by atoms with Gasteiger partial charge in [0.2, 0.25) is 0 Å². The summed E-state index contributed by atoms with van der Waals surface area (Å²) < 4.78 is 4.87. The fourth-order valence-corrected chi connectivity index (χ4v) is 1.31. The maximum atomic E-state index is 10.9. The molecule has 0 aliphatic carbocycles. The van der Waals surface area contributed by atoms with E-state index in [0.717, 1.165) is 6.07 Å². The van der Waals surface area contributed by atoms with Crippen LogP contribution in [0.2, 0.25) is 0 Å². The van der Waals surface area contributed by atoms with E-state index in [4.69, 9.17) is 20.5 Å². The second-order valence-corrected chi connectivity index (χ2v) is 3.35. The predicted octanol–water partition coefficient (Wildman–Crippen LogP) is 1.84.